The second-order valence-corrected chi connectivity index (χ2v) is 7.95. The Kier molecular flexibility index (Phi) is 4.51. The molecule has 1 atom stereocenters. The molecular formula is C16H21N5O2S. The van der Waals surface area contributed by atoms with Gasteiger partial charge in [0.1, 0.15) is 16.5 Å². The number of hydrogen-bond donors (Lipinski definition) is 0. The van der Waals surface area contributed by atoms with Gasteiger partial charge in [0.05, 0.1) is 11.7 Å². The van der Waals surface area contributed by atoms with E-state index >= 15 is 0 Å². The smallest absolute Gasteiger partial charge is 0.245 e. The molecule has 1 saturated heterocycles. The molecule has 0 N–H and O–H groups in total. The summed E-state index contributed by atoms with van der Waals surface area (Å²) in [4.78, 5) is 14.9. The highest BCUT2D eigenvalue weighted by molar-refractivity contribution is 7.89. The lowest BCUT2D eigenvalue weighted by atomic mass is 10.1. The summed E-state index contributed by atoms with van der Waals surface area (Å²) in [5.41, 5.74) is 0.746. The maximum atomic E-state index is 13.0. The predicted octanol–water partition coefficient (Wildman–Crippen LogP) is 1.77. The standard InChI is InChI=1S/C16H21N5O2S/c1-12-18-14(10-16(19-12)20(2)3)15-7-5-9-21(15)24(22,23)13-6-4-8-17-11-13/h4,6,8,10-11,15H,5,7,9H2,1-3H3/t15-/m0/s1. The molecule has 2 aromatic rings. The van der Waals surface area contributed by atoms with E-state index in [1.54, 1.807) is 18.3 Å². The molecule has 0 amide bonds. The normalized spacial score (nSPS) is 18.7. The zero-order valence-corrected chi connectivity index (χ0v) is 14.9. The van der Waals surface area contributed by atoms with Gasteiger partial charge in [-0.2, -0.15) is 4.31 Å². The van der Waals surface area contributed by atoms with Crippen molar-refractivity contribution >= 4 is 15.8 Å². The molecule has 1 fully saturated rings. The molecule has 0 saturated carbocycles. The van der Waals surface area contributed by atoms with Gasteiger partial charge in [-0.1, -0.05) is 0 Å². The first kappa shape index (κ1) is 16.8. The molecule has 1 aliphatic heterocycles. The second-order valence-electron chi connectivity index (χ2n) is 6.06. The summed E-state index contributed by atoms with van der Waals surface area (Å²) in [5, 5.41) is 0. The van der Waals surface area contributed by atoms with Gasteiger partial charge in [0.25, 0.3) is 0 Å². The van der Waals surface area contributed by atoms with Gasteiger partial charge in [0.15, 0.2) is 0 Å². The molecule has 3 heterocycles. The summed E-state index contributed by atoms with van der Waals surface area (Å²) in [6.07, 6.45) is 4.52. The average Bonchev–Trinajstić information content (AvgIpc) is 3.05. The highest BCUT2D eigenvalue weighted by Crippen LogP contribution is 2.36. The van der Waals surface area contributed by atoms with Crippen molar-refractivity contribution in [1.29, 1.82) is 0 Å². The number of aromatic nitrogens is 3. The Hall–Kier alpha value is -2.06. The molecule has 1 aliphatic rings. The van der Waals surface area contributed by atoms with Crippen LogP contribution in [0.2, 0.25) is 0 Å². The minimum absolute atomic E-state index is 0.218. The van der Waals surface area contributed by atoms with E-state index in [1.807, 2.05) is 32.0 Å². The Morgan fingerprint density at radius 3 is 2.75 bits per heavy atom. The third-order valence-corrected chi connectivity index (χ3v) is 5.98. The van der Waals surface area contributed by atoms with E-state index < -0.39 is 10.0 Å². The van der Waals surface area contributed by atoms with Crippen LogP contribution < -0.4 is 4.90 Å². The van der Waals surface area contributed by atoms with E-state index in [2.05, 4.69) is 15.0 Å². The van der Waals surface area contributed by atoms with Crippen LogP contribution >= 0.6 is 0 Å². The van der Waals surface area contributed by atoms with E-state index in [-0.39, 0.29) is 10.9 Å². The van der Waals surface area contributed by atoms with Crippen LogP contribution in [-0.4, -0.2) is 48.3 Å². The number of anilines is 1. The van der Waals surface area contributed by atoms with Crippen molar-refractivity contribution in [3.63, 3.8) is 0 Å². The van der Waals surface area contributed by atoms with Crippen molar-refractivity contribution < 1.29 is 8.42 Å². The molecule has 2 aromatic heterocycles. The Morgan fingerprint density at radius 1 is 1.29 bits per heavy atom. The van der Waals surface area contributed by atoms with Gasteiger partial charge in [-0.3, -0.25) is 4.98 Å². The van der Waals surface area contributed by atoms with E-state index in [4.69, 9.17) is 0 Å². The first-order valence-electron chi connectivity index (χ1n) is 7.84. The minimum atomic E-state index is -3.59. The van der Waals surface area contributed by atoms with Gasteiger partial charge in [0, 0.05) is 39.1 Å². The maximum absolute atomic E-state index is 13.0. The van der Waals surface area contributed by atoms with Crippen LogP contribution in [0.25, 0.3) is 0 Å². The van der Waals surface area contributed by atoms with E-state index in [0.717, 1.165) is 24.4 Å². The largest absolute Gasteiger partial charge is 0.363 e. The van der Waals surface area contributed by atoms with Crippen molar-refractivity contribution in [2.24, 2.45) is 0 Å². The highest BCUT2D eigenvalue weighted by Gasteiger charge is 2.37. The van der Waals surface area contributed by atoms with Gasteiger partial charge in [-0.05, 0) is 31.9 Å². The fourth-order valence-electron chi connectivity index (χ4n) is 2.93. The summed E-state index contributed by atoms with van der Waals surface area (Å²) >= 11 is 0. The molecule has 0 radical (unpaired) electrons. The SMILES string of the molecule is Cc1nc([C@@H]2CCCN2S(=O)(=O)c2cccnc2)cc(N(C)C)n1. The molecule has 128 valence electrons. The first-order chi connectivity index (χ1) is 11.4. The molecular weight excluding hydrogens is 326 g/mol. The van der Waals surface area contributed by atoms with Gasteiger partial charge < -0.3 is 4.90 Å². The lowest BCUT2D eigenvalue weighted by Crippen LogP contribution is -2.31. The summed E-state index contributed by atoms with van der Waals surface area (Å²) < 4.78 is 27.4. The number of hydrogen-bond acceptors (Lipinski definition) is 6. The van der Waals surface area contributed by atoms with Crippen LogP contribution in [0.1, 0.15) is 30.4 Å². The number of rotatable bonds is 4. The summed E-state index contributed by atoms with van der Waals surface area (Å²) in [6.45, 7) is 2.31. The molecule has 0 bridgehead atoms. The topological polar surface area (TPSA) is 79.3 Å². The Balaban J connectivity index is 2.00. The van der Waals surface area contributed by atoms with Crippen LogP contribution in [0.4, 0.5) is 5.82 Å². The fourth-order valence-corrected chi connectivity index (χ4v) is 4.57. The Morgan fingerprint density at radius 2 is 2.08 bits per heavy atom. The molecule has 24 heavy (non-hydrogen) atoms. The maximum Gasteiger partial charge on any atom is 0.245 e. The highest BCUT2D eigenvalue weighted by atomic mass is 32.2. The predicted molar refractivity (Wildman–Crippen MR) is 91.2 cm³/mol. The van der Waals surface area contributed by atoms with Gasteiger partial charge >= 0.3 is 0 Å². The van der Waals surface area contributed by atoms with E-state index in [9.17, 15) is 8.42 Å². The quantitative estimate of drug-likeness (QED) is 0.839. The third-order valence-electron chi connectivity index (χ3n) is 4.09. The van der Waals surface area contributed by atoms with Crippen molar-refractivity contribution in [3.05, 3.63) is 42.1 Å². The fraction of sp³-hybridized carbons (Fsp3) is 0.438. The number of aryl methyl sites for hydroxylation is 1. The minimum Gasteiger partial charge on any atom is -0.363 e. The lowest BCUT2D eigenvalue weighted by molar-refractivity contribution is 0.389. The average molecular weight is 347 g/mol. The lowest BCUT2D eigenvalue weighted by Gasteiger charge is -2.24. The van der Waals surface area contributed by atoms with Crippen LogP contribution in [0.15, 0.2) is 35.5 Å². The summed E-state index contributed by atoms with van der Waals surface area (Å²) in [6, 6.07) is 4.82. The Labute approximate surface area is 142 Å². The van der Waals surface area contributed by atoms with Crippen LogP contribution in [0.3, 0.4) is 0 Å². The molecule has 0 aromatic carbocycles. The molecule has 8 heteroatoms. The van der Waals surface area contributed by atoms with Crippen molar-refractivity contribution in [2.75, 3.05) is 25.5 Å². The molecule has 7 nitrogen and oxygen atoms in total. The molecule has 0 aliphatic carbocycles. The van der Waals surface area contributed by atoms with Crippen LogP contribution in [-0.2, 0) is 10.0 Å². The number of sulfonamides is 1. The van der Waals surface area contributed by atoms with E-state index in [0.29, 0.717) is 12.4 Å². The monoisotopic (exact) mass is 347 g/mol. The molecule has 0 unspecified atom stereocenters. The van der Waals surface area contributed by atoms with Gasteiger partial charge in [-0.25, -0.2) is 18.4 Å². The summed E-state index contributed by atoms with van der Waals surface area (Å²) in [7, 11) is 0.229. The first-order valence-corrected chi connectivity index (χ1v) is 9.28. The van der Waals surface area contributed by atoms with Crippen molar-refractivity contribution in [3.8, 4) is 0 Å². The second kappa shape index (κ2) is 6.45. The zero-order valence-electron chi connectivity index (χ0n) is 14.0. The van der Waals surface area contributed by atoms with Gasteiger partial charge in [0.2, 0.25) is 10.0 Å². The molecule has 0 spiro atoms. The van der Waals surface area contributed by atoms with Gasteiger partial charge in [-0.15, -0.1) is 0 Å². The van der Waals surface area contributed by atoms with Crippen LogP contribution in [0.5, 0.6) is 0 Å². The number of nitrogens with zero attached hydrogens (tertiary/aromatic N) is 5. The number of pyridine rings is 1. The van der Waals surface area contributed by atoms with E-state index in [1.165, 1.54) is 10.5 Å². The molecule has 3 rings (SSSR count). The summed E-state index contributed by atoms with van der Waals surface area (Å²) in [5.74, 6) is 1.42. The zero-order chi connectivity index (χ0) is 17.3. The van der Waals surface area contributed by atoms with Crippen molar-refractivity contribution in [2.45, 2.75) is 30.7 Å². The van der Waals surface area contributed by atoms with Crippen molar-refractivity contribution in [1.82, 2.24) is 19.3 Å². The Bertz CT molecular complexity index is 824. The third kappa shape index (κ3) is 3.11. The van der Waals surface area contributed by atoms with Crippen LogP contribution in [0, 0.1) is 6.92 Å².